The Bertz CT molecular complexity index is 469. The number of sulfonamides is 1. The summed E-state index contributed by atoms with van der Waals surface area (Å²) >= 11 is 0. The zero-order chi connectivity index (χ0) is 13.5. The van der Waals surface area contributed by atoms with Crippen molar-refractivity contribution in [3.8, 4) is 0 Å². The van der Waals surface area contributed by atoms with Crippen LogP contribution in [0.15, 0.2) is 0 Å². The highest BCUT2D eigenvalue weighted by atomic mass is 32.2. The second kappa shape index (κ2) is 4.51. The van der Waals surface area contributed by atoms with Crippen molar-refractivity contribution in [2.24, 2.45) is 5.92 Å². The molecule has 0 aromatic rings. The topological polar surface area (TPSA) is 95.0 Å². The normalized spacial score (nSPS) is 26.1. The van der Waals surface area contributed by atoms with Crippen LogP contribution in [-0.4, -0.2) is 66.5 Å². The van der Waals surface area contributed by atoms with Crippen LogP contribution in [0.3, 0.4) is 0 Å². The molecule has 0 radical (unpaired) electrons. The van der Waals surface area contributed by atoms with Gasteiger partial charge in [0.2, 0.25) is 15.9 Å². The van der Waals surface area contributed by atoms with E-state index in [0.717, 1.165) is 6.26 Å². The molecule has 102 valence electrons. The second-order valence-corrected chi connectivity index (χ2v) is 6.75. The largest absolute Gasteiger partial charge is 0.481 e. The van der Waals surface area contributed by atoms with Gasteiger partial charge in [-0.15, -0.1) is 0 Å². The highest BCUT2D eigenvalue weighted by Crippen LogP contribution is 2.25. The van der Waals surface area contributed by atoms with Crippen LogP contribution in [0.5, 0.6) is 0 Å². The number of carboxylic acids is 1. The van der Waals surface area contributed by atoms with Crippen molar-refractivity contribution >= 4 is 21.9 Å². The van der Waals surface area contributed by atoms with Gasteiger partial charge in [0.1, 0.15) is 6.04 Å². The first-order valence-corrected chi connectivity index (χ1v) is 7.64. The molecule has 0 aliphatic carbocycles. The van der Waals surface area contributed by atoms with Crippen LogP contribution in [0.4, 0.5) is 0 Å². The molecule has 2 fully saturated rings. The van der Waals surface area contributed by atoms with Gasteiger partial charge in [0.25, 0.3) is 0 Å². The first kappa shape index (κ1) is 13.3. The lowest BCUT2D eigenvalue weighted by atomic mass is 9.99. The van der Waals surface area contributed by atoms with E-state index in [9.17, 15) is 18.0 Å². The van der Waals surface area contributed by atoms with Crippen molar-refractivity contribution in [2.75, 3.05) is 25.9 Å². The first-order valence-electron chi connectivity index (χ1n) is 5.79. The van der Waals surface area contributed by atoms with Gasteiger partial charge in [-0.3, -0.25) is 9.59 Å². The summed E-state index contributed by atoms with van der Waals surface area (Å²) in [4.78, 5) is 24.2. The summed E-state index contributed by atoms with van der Waals surface area (Å²) in [6.07, 6.45) is 2.27. The van der Waals surface area contributed by atoms with Gasteiger partial charge >= 0.3 is 5.97 Å². The van der Waals surface area contributed by atoms with Crippen LogP contribution in [0.1, 0.15) is 12.8 Å². The molecule has 0 aromatic heterocycles. The van der Waals surface area contributed by atoms with Crippen LogP contribution >= 0.6 is 0 Å². The molecular formula is C10H16N2O5S. The maximum Gasteiger partial charge on any atom is 0.310 e. The predicted molar refractivity (Wildman–Crippen MR) is 62.3 cm³/mol. The van der Waals surface area contributed by atoms with Crippen molar-refractivity contribution in [3.05, 3.63) is 0 Å². The van der Waals surface area contributed by atoms with E-state index < -0.39 is 28.0 Å². The van der Waals surface area contributed by atoms with Crippen LogP contribution in [0.25, 0.3) is 0 Å². The van der Waals surface area contributed by atoms with Gasteiger partial charge in [0, 0.05) is 19.6 Å². The lowest BCUT2D eigenvalue weighted by molar-refractivity contribution is -0.154. The fourth-order valence-electron chi connectivity index (χ4n) is 2.41. The number of amides is 1. The number of rotatable bonds is 3. The number of hydrogen-bond donors (Lipinski definition) is 1. The van der Waals surface area contributed by atoms with Gasteiger partial charge in [0.05, 0.1) is 12.2 Å². The monoisotopic (exact) mass is 276 g/mol. The number of carbonyl (C=O) groups is 2. The van der Waals surface area contributed by atoms with Gasteiger partial charge in [-0.05, 0) is 12.8 Å². The summed E-state index contributed by atoms with van der Waals surface area (Å²) in [6, 6.07) is -0.644. The summed E-state index contributed by atoms with van der Waals surface area (Å²) in [6.45, 7) is 0.732. The standard InChI is InChI=1S/C10H16N2O5S/c1-18(16,17)12-4-2-3-8(12)9(13)11-5-7(6-11)10(14)15/h7-8H,2-6H2,1H3,(H,14,15). The summed E-state index contributed by atoms with van der Waals surface area (Å²) in [5, 5.41) is 8.74. The van der Waals surface area contributed by atoms with E-state index in [4.69, 9.17) is 5.11 Å². The summed E-state index contributed by atoms with van der Waals surface area (Å²) < 4.78 is 24.2. The SMILES string of the molecule is CS(=O)(=O)N1CCCC1C(=O)N1CC(C(=O)O)C1. The third kappa shape index (κ3) is 2.35. The van der Waals surface area contributed by atoms with Crippen LogP contribution in [0.2, 0.25) is 0 Å². The van der Waals surface area contributed by atoms with Gasteiger partial charge in [-0.25, -0.2) is 8.42 Å². The molecular weight excluding hydrogens is 260 g/mol. The molecule has 2 rings (SSSR count). The molecule has 1 atom stereocenters. The molecule has 1 N–H and O–H groups in total. The van der Waals surface area contributed by atoms with Gasteiger partial charge < -0.3 is 10.0 Å². The second-order valence-electron chi connectivity index (χ2n) is 4.81. The molecule has 1 amide bonds. The minimum absolute atomic E-state index is 0.183. The zero-order valence-electron chi connectivity index (χ0n) is 10.1. The number of carbonyl (C=O) groups excluding carboxylic acids is 1. The molecule has 2 heterocycles. The van der Waals surface area contributed by atoms with E-state index in [1.165, 1.54) is 9.21 Å². The van der Waals surface area contributed by atoms with Crippen LogP contribution in [-0.2, 0) is 19.6 Å². The molecule has 7 nitrogen and oxygen atoms in total. The zero-order valence-corrected chi connectivity index (χ0v) is 10.9. The Morgan fingerprint density at radius 2 is 1.89 bits per heavy atom. The van der Waals surface area contributed by atoms with E-state index in [0.29, 0.717) is 19.4 Å². The molecule has 0 spiro atoms. The summed E-state index contributed by atoms with van der Waals surface area (Å²) in [7, 11) is -3.37. The molecule has 2 saturated heterocycles. The number of hydrogen-bond acceptors (Lipinski definition) is 4. The number of aliphatic carboxylic acids is 1. The minimum atomic E-state index is -3.37. The fourth-order valence-corrected chi connectivity index (χ4v) is 3.53. The average Bonchev–Trinajstić information content (AvgIpc) is 2.61. The lowest BCUT2D eigenvalue weighted by Gasteiger charge is -2.39. The van der Waals surface area contributed by atoms with Gasteiger partial charge in [-0.2, -0.15) is 4.31 Å². The first-order chi connectivity index (χ1) is 8.30. The van der Waals surface area contributed by atoms with E-state index in [-0.39, 0.29) is 19.0 Å². The summed E-state index contributed by atoms with van der Waals surface area (Å²) in [5.41, 5.74) is 0. The summed E-state index contributed by atoms with van der Waals surface area (Å²) in [5.74, 6) is -1.69. The van der Waals surface area contributed by atoms with Crippen LogP contribution < -0.4 is 0 Å². The molecule has 0 saturated carbocycles. The van der Waals surface area contributed by atoms with E-state index in [2.05, 4.69) is 0 Å². The molecule has 0 bridgehead atoms. The van der Waals surface area contributed by atoms with Crippen molar-refractivity contribution in [3.63, 3.8) is 0 Å². The minimum Gasteiger partial charge on any atom is -0.481 e. The fraction of sp³-hybridized carbons (Fsp3) is 0.800. The molecule has 1 unspecified atom stereocenters. The van der Waals surface area contributed by atoms with Crippen molar-refractivity contribution in [2.45, 2.75) is 18.9 Å². The molecule has 2 aliphatic heterocycles. The van der Waals surface area contributed by atoms with E-state index >= 15 is 0 Å². The van der Waals surface area contributed by atoms with Crippen molar-refractivity contribution < 1.29 is 23.1 Å². The highest BCUT2D eigenvalue weighted by molar-refractivity contribution is 7.88. The lowest BCUT2D eigenvalue weighted by Crippen LogP contribution is -2.58. The maximum absolute atomic E-state index is 12.1. The van der Waals surface area contributed by atoms with Crippen LogP contribution in [0, 0.1) is 5.92 Å². The Kier molecular flexibility index (Phi) is 3.33. The van der Waals surface area contributed by atoms with E-state index in [1.807, 2.05) is 0 Å². The predicted octanol–water partition coefficient (Wildman–Crippen LogP) is -1.05. The Hall–Kier alpha value is -1.15. The van der Waals surface area contributed by atoms with Crippen molar-refractivity contribution in [1.29, 1.82) is 0 Å². The highest BCUT2D eigenvalue weighted by Gasteiger charge is 2.43. The van der Waals surface area contributed by atoms with Crippen molar-refractivity contribution in [1.82, 2.24) is 9.21 Å². The molecule has 2 aliphatic rings. The average molecular weight is 276 g/mol. The Morgan fingerprint density at radius 3 is 2.39 bits per heavy atom. The number of nitrogens with zero attached hydrogens (tertiary/aromatic N) is 2. The van der Waals surface area contributed by atoms with Gasteiger partial charge in [-0.1, -0.05) is 0 Å². The molecule has 0 aromatic carbocycles. The molecule has 8 heteroatoms. The Labute approximate surface area is 105 Å². The third-order valence-corrected chi connectivity index (χ3v) is 4.75. The van der Waals surface area contributed by atoms with E-state index in [1.54, 1.807) is 0 Å². The molecule has 18 heavy (non-hydrogen) atoms. The number of carboxylic acid groups (broad SMARTS) is 1. The third-order valence-electron chi connectivity index (χ3n) is 3.46. The number of likely N-dealkylation sites (tertiary alicyclic amines) is 1. The quantitative estimate of drug-likeness (QED) is 0.710. The Morgan fingerprint density at radius 1 is 1.28 bits per heavy atom. The smallest absolute Gasteiger partial charge is 0.310 e. The van der Waals surface area contributed by atoms with Gasteiger partial charge in [0.15, 0.2) is 0 Å². The maximum atomic E-state index is 12.1. The Balaban J connectivity index is 2.00.